The van der Waals surface area contributed by atoms with Crippen molar-refractivity contribution in [2.75, 3.05) is 26.9 Å². The van der Waals surface area contributed by atoms with Crippen LogP contribution in [0.15, 0.2) is 24.3 Å². The van der Waals surface area contributed by atoms with Gasteiger partial charge in [0.15, 0.2) is 0 Å². The van der Waals surface area contributed by atoms with Crippen LogP contribution in [0.5, 0.6) is 5.75 Å². The molecule has 0 radical (unpaired) electrons. The number of ether oxygens (including phenoxy) is 3. The van der Waals surface area contributed by atoms with E-state index in [9.17, 15) is 4.79 Å². The van der Waals surface area contributed by atoms with Crippen LogP contribution in [0.25, 0.3) is 0 Å². The summed E-state index contributed by atoms with van der Waals surface area (Å²) >= 11 is 0. The minimum atomic E-state index is -0.402. The van der Waals surface area contributed by atoms with Gasteiger partial charge in [-0.15, -0.1) is 0 Å². The molecular weight excluding hydrogens is 318 g/mol. The average molecular weight is 347 g/mol. The molecule has 2 aliphatic rings. The molecule has 2 saturated heterocycles. The lowest BCUT2D eigenvalue weighted by Gasteiger charge is -2.28. The van der Waals surface area contributed by atoms with E-state index in [-0.39, 0.29) is 18.1 Å². The standard InChI is InChI=1S/C20H29NO4/c1-15(25-14-19-6-4-12-24-19)20(22)21-11-3-5-17(21)13-16-7-9-18(23-2)10-8-16/h7-10,15,17,19H,3-6,11-14H2,1-2H3/t15-,17+,19-/m1/s1. The SMILES string of the molecule is COc1ccc(C[C@@H]2CCCN2C(=O)[C@@H](C)OC[C@H]2CCCO2)cc1. The van der Waals surface area contributed by atoms with Gasteiger partial charge < -0.3 is 19.1 Å². The molecule has 1 amide bonds. The molecular formula is C20H29NO4. The van der Waals surface area contributed by atoms with Crippen molar-refractivity contribution in [1.82, 2.24) is 4.90 Å². The second-order valence-corrected chi connectivity index (χ2v) is 6.99. The Kier molecular flexibility index (Phi) is 6.32. The molecule has 5 heteroatoms. The van der Waals surface area contributed by atoms with Crippen molar-refractivity contribution in [2.45, 2.75) is 57.3 Å². The lowest BCUT2D eigenvalue weighted by molar-refractivity contribution is -0.145. The van der Waals surface area contributed by atoms with Gasteiger partial charge in [-0.25, -0.2) is 0 Å². The average Bonchev–Trinajstić information content (AvgIpc) is 3.31. The Labute approximate surface area is 150 Å². The molecule has 25 heavy (non-hydrogen) atoms. The molecule has 3 atom stereocenters. The Hall–Kier alpha value is -1.59. The van der Waals surface area contributed by atoms with Crippen molar-refractivity contribution >= 4 is 5.91 Å². The van der Waals surface area contributed by atoms with Crippen LogP contribution < -0.4 is 4.74 Å². The molecule has 2 fully saturated rings. The van der Waals surface area contributed by atoms with Crippen molar-refractivity contribution in [3.05, 3.63) is 29.8 Å². The van der Waals surface area contributed by atoms with Crippen LogP contribution >= 0.6 is 0 Å². The van der Waals surface area contributed by atoms with E-state index in [1.54, 1.807) is 7.11 Å². The smallest absolute Gasteiger partial charge is 0.251 e. The number of nitrogens with zero attached hydrogens (tertiary/aromatic N) is 1. The maximum Gasteiger partial charge on any atom is 0.251 e. The second-order valence-electron chi connectivity index (χ2n) is 6.99. The van der Waals surface area contributed by atoms with Crippen molar-refractivity contribution in [3.63, 3.8) is 0 Å². The molecule has 5 nitrogen and oxygen atoms in total. The summed E-state index contributed by atoms with van der Waals surface area (Å²) in [6, 6.07) is 8.37. The summed E-state index contributed by atoms with van der Waals surface area (Å²) in [4.78, 5) is 14.8. The quantitative estimate of drug-likeness (QED) is 0.761. The highest BCUT2D eigenvalue weighted by atomic mass is 16.5. The molecule has 0 bridgehead atoms. The van der Waals surface area contributed by atoms with E-state index in [2.05, 4.69) is 12.1 Å². The summed E-state index contributed by atoms with van der Waals surface area (Å²) in [6.07, 6.45) is 4.87. The molecule has 2 aliphatic heterocycles. The fourth-order valence-corrected chi connectivity index (χ4v) is 3.70. The predicted octanol–water partition coefficient (Wildman–Crippen LogP) is 2.81. The van der Waals surface area contributed by atoms with Gasteiger partial charge in [-0.2, -0.15) is 0 Å². The highest BCUT2D eigenvalue weighted by molar-refractivity contribution is 5.81. The van der Waals surface area contributed by atoms with Gasteiger partial charge >= 0.3 is 0 Å². The molecule has 0 aromatic heterocycles. The summed E-state index contributed by atoms with van der Waals surface area (Å²) in [5.74, 6) is 0.966. The van der Waals surface area contributed by atoms with E-state index < -0.39 is 6.10 Å². The van der Waals surface area contributed by atoms with Crippen molar-refractivity contribution in [2.24, 2.45) is 0 Å². The Morgan fingerprint density at radius 3 is 2.76 bits per heavy atom. The maximum absolute atomic E-state index is 12.8. The molecule has 0 saturated carbocycles. The van der Waals surface area contributed by atoms with Gasteiger partial charge in [-0.05, 0) is 56.7 Å². The van der Waals surface area contributed by atoms with Crippen molar-refractivity contribution in [3.8, 4) is 5.75 Å². The molecule has 1 aromatic carbocycles. The lowest BCUT2D eigenvalue weighted by atomic mass is 10.0. The minimum absolute atomic E-state index is 0.106. The highest BCUT2D eigenvalue weighted by Crippen LogP contribution is 2.24. The zero-order chi connectivity index (χ0) is 17.6. The van der Waals surface area contributed by atoms with Crippen LogP contribution in [-0.4, -0.2) is 55.9 Å². The first-order chi connectivity index (χ1) is 12.2. The fourth-order valence-electron chi connectivity index (χ4n) is 3.70. The van der Waals surface area contributed by atoms with Crippen LogP contribution in [0.1, 0.15) is 38.2 Å². The van der Waals surface area contributed by atoms with E-state index in [0.717, 1.165) is 51.0 Å². The molecule has 3 rings (SSSR count). The number of likely N-dealkylation sites (tertiary alicyclic amines) is 1. The number of benzene rings is 1. The first-order valence-corrected chi connectivity index (χ1v) is 9.34. The third kappa shape index (κ3) is 4.73. The van der Waals surface area contributed by atoms with E-state index in [4.69, 9.17) is 14.2 Å². The van der Waals surface area contributed by atoms with Crippen LogP contribution in [0, 0.1) is 0 Å². The number of hydrogen-bond acceptors (Lipinski definition) is 4. The van der Waals surface area contributed by atoms with Crippen LogP contribution in [0.3, 0.4) is 0 Å². The van der Waals surface area contributed by atoms with Gasteiger partial charge in [0.05, 0.1) is 19.8 Å². The number of methoxy groups -OCH3 is 1. The molecule has 0 N–H and O–H groups in total. The van der Waals surface area contributed by atoms with E-state index >= 15 is 0 Å². The Bertz CT molecular complexity index is 553. The number of carbonyl (C=O) groups is 1. The first kappa shape index (κ1) is 18.2. The Morgan fingerprint density at radius 2 is 2.08 bits per heavy atom. The van der Waals surface area contributed by atoms with E-state index in [0.29, 0.717) is 6.61 Å². The normalized spacial score (nSPS) is 24.5. The minimum Gasteiger partial charge on any atom is -0.497 e. The van der Waals surface area contributed by atoms with Crippen LogP contribution in [0.2, 0.25) is 0 Å². The van der Waals surface area contributed by atoms with Crippen LogP contribution in [-0.2, 0) is 20.7 Å². The zero-order valence-electron chi connectivity index (χ0n) is 15.3. The topological polar surface area (TPSA) is 48.0 Å². The first-order valence-electron chi connectivity index (χ1n) is 9.34. The van der Waals surface area contributed by atoms with E-state index in [1.807, 2.05) is 24.0 Å². The maximum atomic E-state index is 12.8. The van der Waals surface area contributed by atoms with Crippen molar-refractivity contribution in [1.29, 1.82) is 0 Å². The van der Waals surface area contributed by atoms with Gasteiger partial charge in [-0.1, -0.05) is 12.1 Å². The monoisotopic (exact) mass is 347 g/mol. The van der Waals surface area contributed by atoms with Gasteiger partial charge in [0, 0.05) is 19.2 Å². The molecule has 1 aromatic rings. The molecule has 0 spiro atoms. The third-order valence-corrected chi connectivity index (χ3v) is 5.19. The van der Waals surface area contributed by atoms with Gasteiger partial charge in [0.1, 0.15) is 11.9 Å². The fraction of sp³-hybridized carbons (Fsp3) is 0.650. The largest absolute Gasteiger partial charge is 0.497 e. The summed E-state index contributed by atoms with van der Waals surface area (Å²) in [5, 5.41) is 0. The summed E-state index contributed by atoms with van der Waals surface area (Å²) in [7, 11) is 1.67. The van der Waals surface area contributed by atoms with Crippen molar-refractivity contribution < 1.29 is 19.0 Å². The molecule has 0 unspecified atom stereocenters. The molecule has 0 aliphatic carbocycles. The van der Waals surface area contributed by atoms with Gasteiger partial charge in [0.25, 0.3) is 5.91 Å². The number of amides is 1. The molecule has 2 heterocycles. The van der Waals surface area contributed by atoms with E-state index in [1.165, 1.54) is 5.56 Å². The number of carbonyl (C=O) groups excluding carboxylic acids is 1. The van der Waals surface area contributed by atoms with Gasteiger partial charge in [0.2, 0.25) is 0 Å². The number of hydrogen-bond donors (Lipinski definition) is 0. The second kappa shape index (κ2) is 8.68. The third-order valence-electron chi connectivity index (χ3n) is 5.19. The summed E-state index contributed by atoms with van der Waals surface area (Å²) in [6.45, 7) is 4.02. The zero-order valence-corrected chi connectivity index (χ0v) is 15.3. The highest BCUT2D eigenvalue weighted by Gasteiger charge is 2.32. The summed E-state index contributed by atoms with van der Waals surface area (Å²) in [5.41, 5.74) is 1.23. The summed E-state index contributed by atoms with van der Waals surface area (Å²) < 4.78 is 16.6. The Morgan fingerprint density at radius 1 is 1.28 bits per heavy atom. The predicted molar refractivity (Wildman–Crippen MR) is 95.8 cm³/mol. The van der Waals surface area contributed by atoms with Gasteiger partial charge in [-0.3, -0.25) is 4.79 Å². The lowest BCUT2D eigenvalue weighted by Crippen LogP contribution is -2.43. The van der Waals surface area contributed by atoms with Crippen LogP contribution in [0.4, 0.5) is 0 Å². The Balaban J connectivity index is 1.53. The number of rotatable bonds is 7. The molecule has 138 valence electrons.